The van der Waals surface area contributed by atoms with E-state index in [1.54, 1.807) is 4.90 Å². The van der Waals surface area contributed by atoms with Crippen LogP contribution in [0.5, 0.6) is 11.5 Å². The Morgan fingerprint density at radius 3 is 2.67 bits per heavy atom. The number of nitriles is 1. The number of hydrogen-bond acceptors (Lipinski definition) is 7. The van der Waals surface area contributed by atoms with Crippen molar-refractivity contribution < 1.29 is 19.1 Å². The molecule has 2 heterocycles. The first kappa shape index (κ1) is 22.3. The van der Waals surface area contributed by atoms with Crippen LogP contribution in [0.1, 0.15) is 19.3 Å². The number of nitrogens with one attached hydrogen (secondary N) is 1. The highest BCUT2D eigenvalue weighted by molar-refractivity contribution is 7.14. The number of hydrogen-bond donors (Lipinski definition) is 1. The minimum absolute atomic E-state index is 0.0215. The van der Waals surface area contributed by atoms with E-state index in [1.165, 1.54) is 11.3 Å². The van der Waals surface area contributed by atoms with Gasteiger partial charge in [-0.05, 0) is 30.3 Å². The highest BCUT2D eigenvalue weighted by Gasteiger charge is 2.18. The number of anilines is 2. The third kappa shape index (κ3) is 5.67. The molecule has 0 saturated carbocycles. The SMILES string of the molecule is N#CCCN(C(=O)CCC(=O)Nc1nc(-c2ccc3c(c2)OCCO3)cs1)c1ccccc1. The number of amides is 2. The molecule has 2 amide bonds. The average molecular weight is 463 g/mol. The summed E-state index contributed by atoms with van der Waals surface area (Å²) >= 11 is 1.31. The van der Waals surface area contributed by atoms with Crippen LogP contribution < -0.4 is 19.7 Å². The summed E-state index contributed by atoms with van der Waals surface area (Å²) in [7, 11) is 0. The summed E-state index contributed by atoms with van der Waals surface area (Å²) in [5.41, 5.74) is 2.29. The Balaban J connectivity index is 1.34. The van der Waals surface area contributed by atoms with Gasteiger partial charge in [0.1, 0.15) is 13.2 Å². The molecule has 9 heteroatoms. The van der Waals surface area contributed by atoms with Crippen molar-refractivity contribution in [2.45, 2.75) is 19.3 Å². The second-order valence-electron chi connectivity index (χ2n) is 7.23. The van der Waals surface area contributed by atoms with E-state index in [-0.39, 0.29) is 37.6 Å². The predicted molar refractivity (Wildman–Crippen MR) is 125 cm³/mol. The molecule has 168 valence electrons. The molecule has 0 radical (unpaired) electrons. The van der Waals surface area contributed by atoms with Crippen LogP contribution in [0.4, 0.5) is 10.8 Å². The van der Waals surface area contributed by atoms with Crippen molar-refractivity contribution in [1.82, 2.24) is 4.98 Å². The van der Waals surface area contributed by atoms with Gasteiger partial charge in [0.25, 0.3) is 0 Å². The van der Waals surface area contributed by atoms with Gasteiger partial charge in [-0.15, -0.1) is 11.3 Å². The van der Waals surface area contributed by atoms with E-state index in [0.29, 0.717) is 35.5 Å². The Kier molecular flexibility index (Phi) is 7.17. The third-order valence-electron chi connectivity index (χ3n) is 4.97. The Morgan fingerprint density at radius 2 is 1.88 bits per heavy atom. The summed E-state index contributed by atoms with van der Waals surface area (Å²) in [6, 6.07) is 16.8. The fourth-order valence-electron chi connectivity index (χ4n) is 3.37. The Hall–Kier alpha value is -3.90. The van der Waals surface area contributed by atoms with E-state index in [9.17, 15) is 9.59 Å². The van der Waals surface area contributed by atoms with Gasteiger partial charge < -0.3 is 19.7 Å². The van der Waals surface area contributed by atoms with Gasteiger partial charge in [0.05, 0.1) is 18.2 Å². The zero-order valence-electron chi connectivity index (χ0n) is 17.8. The van der Waals surface area contributed by atoms with Gasteiger partial charge >= 0.3 is 0 Å². The molecule has 1 aliphatic heterocycles. The lowest BCUT2D eigenvalue weighted by Gasteiger charge is -2.21. The van der Waals surface area contributed by atoms with Gasteiger partial charge in [-0.2, -0.15) is 5.26 Å². The molecule has 1 aromatic heterocycles. The van der Waals surface area contributed by atoms with Crippen LogP contribution in [-0.2, 0) is 9.59 Å². The quantitative estimate of drug-likeness (QED) is 0.537. The molecule has 1 aliphatic rings. The zero-order valence-corrected chi connectivity index (χ0v) is 18.6. The molecule has 0 fully saturated rings. The first-order valence-electron chi connectivity index (χ1n) is 10.5. The first-order chi connectivity index (χ1) is 16.1. The second kappa shape index (κ2) is 10.6. The smallest absolute Gasteiger partial charge is 0.227 e. The molecule has 0 atom stereocenters. The van der Waals surface area contributed by atoms with Crippen molar-refractivity contribution in [3.63, 3.8) is 0 Å². The van der Waals surface area contributed by atoms with Gasteiger partial charge in [-0.1, -0.05) is 18.2 Å². The van der Waals surface area contributed by atoms with Gasteiger partial charge in [-0.25, -0.2) is 4.98 Å². The number of para-hydroxylation sites is 1. The molecular weight excluding hydrogens is 440 g/mol. The lowest BCUT2D eigenvalue weighted by Crippen LogP contribution is -2.32. The molecule has 0 saturated heterocycles. The van der Waals surface area contributed by atoms with Crippen LogP contribution in [-0.4, -0.2) is 36.6 Å². The number of fused-ring (bicyclic) bond motifs is 1. The number of thiazole rings is 1. The summed E-state index contributed by atoms with van der Waals surface area (Å²) in [5.74, 6) is 0.885. The van der Waals surface area contributed by atoms with E-state index in [2.05, 4.69) is 16.4 Å². The van der Waals surface area contributed by atoms with E-state index < -0.39 is 0 Å². The van der Waals surface area contributed by atoms with Gasteiger partial charge in [0, 0.05) is 36.0 Å². The number of benzene rings is 2. The standard InChI is InChI=1S/C24H22N4O4S/c25-11-4-12-28(18-5-2-1-3-6-18)23(30)10-9-22(29)27-24-26-19(16-33-24)17-7-8-20-21(15-17)32-14-13-31-20/h1-3,5-8,15-16H,4,9-10,12-14H2,(H,26,27,29). The molecule has 4 rings (SSSR count). The number of carbonyl (C=O) groups is 2. The molecule has 3 aromatic rings. The average Bonchev–Trinajstić information content (AvgIpc) is 3.31. The van der Waals surface area contributed by atoms with Crippen molar-refractivity contribution in [2.24, 2.45) is 0 Å². The number of ether oxygens (including phenoxy) is 2. The maximum absolute atomic E-state index is 12.7. The van der Waals surface area contributed by atoms with Crippen LogP contribution in [0.3, 0.4) is 0 Å². The van der Waals surface area contributed by atoms with Crippen molar-refractivity contribution in [3.8, 4) is 28.8 Å². The van der Waals surface area contributed by atoms with Crippen LogP contribution in [0, 0.1) is 11.3 Å². The topological polar surface area (TPSA) is 105 Å². The maximum atomic E-state index is 12.7. The summed E-state index contributed by atoms with van der Waals surface area (Å²) in [6.07, 6.45) is 0.273. The molecule has 8 nitrogen and oxygen atoms in total. The van der Waals surface area contributed by atoms with Crippen molar-refractivity contribution >= 4 is 34.0 Å². The molecule has 2 aromatic carbocycles. The summed E-state index contributed by atoms with van der Waals surface area (Å²) in [4.78, 5) is 31.2. The lowest BCUT2D eigenvalue weighted by atomic mass is 10.1. The molecule has 0 bridgehead atoms. The maximum Gasteiger partial charge on any atom is 0.227 e. The molecular formula is C24H22N4O4S. The van der Waals surface area contributed by atoms with Gasteiger partial charge in [0.15, 0.2) is 16.6 Å². The van der Waals surface area contributed by atoms with Crippen molar-refractivity contribution in [1.29, 1.82) is 5.26 Å². The zero-order chi connectivity index (χ0) is 23.0. The van der Waals surface area contributed by atoms with Gasteiger partial charge in [0.2, 0.25) is 11.8 Å². The van der Waals surface area contributed by atoms with Crippen molar-refractivity contribution in [2.75, 3.05) is 30.0 Å². The Morgan fingerprint density at radius 1 is 1.09 bits per heavy atom. The number of nitrogens with zero attached hydrogens (tertiary/aromatic N) is 3. The summed E-state index contributed by atoms with van der Waals surface area (Å²) < 4.78 is 11.2. The monoisotopic (exact) mass is 462 g/mol. The predicted octanol–water partition coefficient (Wildman–Crippen LogP) is 4.25. The van der Waals surface area contributed by atoms with Crippen LogP contribution in [0.2, 0.25) is 0 Å². The molecule has 33 heavy (non-hydrogen) atoms. The van der Waals surface area contributed by atoms with Gasteiger partial charge in [-0.3, -0.25) is 9.59 Å². The van der Waals surface area contributed by atoms with E-state index >= 15 is 0 Å². The van der Waals surface area contributed by atoms with Crippen LogP contribution >= 0.6 is 11.3 Å². The Bertz CT molecular complexity index is 1170. The minimum Gasteiger partial charge on any atom is -0.486 e. The molecule has 1 N–H and O–H groups in total. The van der Waals surface area contributed by atoms with E-state index in [4.69, 9.17) is 14.7 Å². The molecule has 0 aliphatic carbocycles. The number of aromatic nitrogens is 1. The van der Waals surface area contributed by atoms with E-state index in [1.807, 2.05) is 53.9 Å². The summed E-state index contributed by atoms with van der Waals surface area (Å²) in [6.45, 7) is 1.32. The van der Waals surface area contributed by atoms with E-state index in [0.717, 1.165) is 11.3 Å². The largest absolute Gasteiger partial charge is 0.486 e. The fourth-order valence-corrected chi connectivity index (χ4v) is 4.11. The molecule has 0 unspecified atom stereocenters. The first-order valence-corrected chi connectivity index (χ1v) is 11.4. The normalized spacial score (nSPS) is 12.0. The third-order valence-corrected chi connectivity index (χ3v) is 5.73. The highest BCUT2D eigenvalue weighted by Crippen LogP contribution is 2.35. The van der Waals surface area contributed by atoms with Crippen molar-refractivity contribution in [3.05, 3.63) is 53.9 Å². The minimum atomic E-state index is -0.292. The number of carbonyl (C=O) groups excluding carboxylic acids is 2. The van der Waals surface area contributed by atoms with Crippen LogP contribution in [0.15, 0.2) is 53.9 Å². The lowest BCUT2D eigenvalue weighted by molar-refractivity contribution is -0.122. The molecule has 0 spiro atoms. The summed E-state index contributed by atoms with van der Waals surface area (Å²) in [5, 5.41) is 14.0. The number of rotatable bonds is 8. The highest BCUT2D eigenvalue weighted by atomic mass is 32.1. The second-order valence-corrected chi connectivity index (χ2v) is 8.09. The van der Waals surface area contributed by atoms with Crippen LogP contribution in [0.25, 0.3) is 11.3 Å². The fraction of sp³-hybridized carbons (Fsp3) is 0.250. The Labute approximate surface area is 195 Å².